The quantitative estimate of drug-likeness (QED) is 0.497. The minimum atomic E-state index is -0.788. The van der Waals surface area contributed by atoms with Gasteiger partial charge in [0.25, 0.3) is 5.56 Å². The van der Waals surface area contributed by atoms with Crippen LogP contribution >= 0.6 is 11.6 Å². The molecule has 3 aromatic heterocycles. The van der Waals surface area contributed by atoms with Gasteiger partial charge in [-0.3, -0.25) is 9.36 Å². The second-order valence-corrected chi connectivity index (χ2v) is 6.90. The first-order chi connectivity index (χ1) is 14.5. The Balaban J connectivity index is 1.89. The van der Waals surface area contributed by atoms with E-state index in [2.05, 4.69) is 9.97 Å². The Kier molecular flexibility index (Phi) is 5.24. The van der Waals surface area contributed by atoms with Crippen molar-refractivity contribution in [2.75, 3.05) is 6.61 Å². The second-order valence-electron chi connectivity index (χ2n) is 6.46. The van der Waals surface area contributed by atoms with Crippen LogP contribution in [-0.4, -0.2) is 31.5 Å². The summed E-state index contributed by atoms with van der Waals surface area (Å²) in [5, 5.41) is 0.582. The highest BCUT2D eigenvalue weighted by Crippen LogP contribution is 2.26. The van der Waals surface area contributed by atoms with E-state index >= 15 is 0 Å². The Bertz CT molecular complexity index is 1350. The van der Waals surface area contributed by atoms with Crippen LogP contribution in [0.5, 0.6) is 0 Å². The summed E-state index contributed by atoms with van der Waals surface area (Å²) in [7, 11) is 0. The number of hydrogen-bond acceptors (Lipinski definition) is 5. The molecule has 8 nitrogen and oxygen atoms in total. The average Bonchev–Trinajstić information content (AvgIpc) is 3.10. The zero-order valence-electron chi connectivity index (χ0n) is 16.0. The van der Waals surface area contributed by atoms with Gasteiger partial charge in [0.05, 0.1) is 24.5 Å². The van der Waals surface area contributed by atoms with E-state index < -0.39 is 17.2 Å². The molecule has 0 amide bonds. The Labute approximate surface area is 175 Å². The molecule has 9 heteroatoms. The lowest BCUT2D eigenvalue weighted by Crippen LogP contribution is -2.39. The number of imidazole rings is 1. The van der Waals surface area contributed by atoms with E-state index in [-0.39, 0.29) is 18.7 Å². The van der Waals surface area contributed by atoms with E-state index in [1.165, 1.54) is 0 Å². The van der Waals surface area contributed by atoms with Crippen molar-refractivity contribution in [1.82, 2.24) is 18.9 Å². The maximum atomic E-state index is 12.9. The molecule has 0 aliphatic rings. The second kappa shape index (κ2) is 8.00. The monoisotopic (exact) mass is 424 g/mol. The molecule has 0 unspecified atom stereocenters. The van der Waals surface area contributed by atoms with Crippen LogP contribution in [0.2, 0.25) is 5.02 Å². The predicted octanol–water partition coefficient (Wildman–Crippen LogP) is 2.73. The van der Waals surface area contributed by atoms with Crippen LogP contribution in [0.3, 0.4) is 0 Å². The van der Waals surface area contributed by atoms with Crippen LogP contribution in [0.4, 0.5) is 0 Å². The van der Waals surface area contributed by atoms with Crippen LogP contribution in [0.15, 0.2) is 64.4 Å². The van der Waals surface area contributed by atoms with E-state index in [1.54, 1.807) is 29.7 Å². The highest BCUT2D eigenvalue weighted by molar-refractivity contribution is 6.30. The topological polar surface area (TPSA) is 98.5 Å². The lowest BCUT2D eigenvalue weighted by Gasteiger charge is -2.09. The normalized spacial score (nSPS) is 11.0. The van der Waals surface area contributed by atoms with Crippen molar-refractivity contribution in [2.24, 2.45) is 0 Å². The number of fused-ring (bicyclic) bond motifs is 1. The van der Waals surface area contributed by atoms with Crippen LogP contribution in [-0.2, 0) is 11.3 Å². The Morgan fingerprint density at radius 3 is 2.67 bits per heavy atom. The molecule has 0 aliphatic heterocycles. The predicted molar refractivity (Wildman–Crippen MR) is 112 cm³/mol. The molecular formula is C21H17ClN4O4. The third-order valence-electron chi connectivity index (χ3n) is 4.61. The molecule has 0 spiro atoms. The molecule has 4 rings (SSSR count). The number of carbonyl (C=O) groups is 1. The molecule has 1 aromatic carbocycles. The summed E-state index contributed by atoms with van der Waals surface area (Å²) in [6, 6.07) is 12.6. The van der Waals surface area contributed by atoms with Gasteiger partial charge in [0.15, 0.2) is 0 Å². The van der Waals surface area contributed by atoms with E-state index in [9.17, 15) is 14.4 Å². The van der Waals surface area contributed by atoms with E-state index in [0.29, 0.717) is 22.1 Å². The molecule has 0 atom stereocenters. The number of aromatic nitrogens is 4. The number of halogens is 1. The molecule has 0 bridgehead atoms. The van der Waals surface area contributed by atoms with Crippen molar-refractivity contribution in [1.29, 1.82) is 0 Å². The van der Waals surface area contributed by atoms with E-state index in [0.717, 1.165) is 16.3 Å². The third kappa shape index (κ3) is 3.53. The van der Waals surface area contributed by atoms with Crippen molar-refractivity contribution in [3.63, 3.8) is 0 Å². The van der Waals surface area contributed by atoms with Gasteiger partial charge in [0, 0.05) is 23.0 Å². The molecule has 0 saturated heterocycles. The maximum Gasteiger partial charge on any atom is 0.345 e. The van der Waals surface area contributed by atoms with Crippen molar-refractivity contribution in [2.45, 2.75) is 13.5 Å². The van der Waals surface area contributed by atoms with Crippen molar-refractivity contribution >= 4 is 23.2 Å². The number of hydrogen-bond donors (Lipinski definition) is 1. The summed E-state index contributed by atoms with van der Waals surface area (Å²) in [4.78, 5) is 44.5. The van der Waals surface area contributed by atoms with Gasteiger partial charge in [-0.2, -0.15) is 0 Å². The van der Waals surface area contributed by atoms with Crippen LogP contribution in [0.25, 0.3) is 16.9 Å². The number of esters is 1. The van der Waals surface area contributed by atoms with Crippen LogP contribution < -0.4 is 11.2 Å². The van der Waals surface area contributed by atoms with Gasteiger partial charge in [-0.1, -0.05) is 29.8 Å². The lowest BCUT2D eigenvalue weighted by molar-refractivity contribution is 0.0522. The summed E-state index contributed by atoms with van der Waals surface area (Å²) in [6.07, 6.45) is 2.87. The Hall–Kier alpha value is -3.65. The lowest BCUT2D eigenvalue weighted by atomic mass is 10.1. The average molecular weight is 425 g/mol. The summed E-state index contributed by atoms with van der Waals surface area (Å²) in [6.45, 7) is 1.66. The fourth-order valence-electron chi connectivity index (χ4n) is 3.20. The van der Waals surface area contributed by atoms with Gasteiger partial charge in [-0.05, 0) is 31.2 Å². The molecule has 3 heterocycles. The summed E-state index contributed by atoms with van der Waals surface area (Å²) >= 11 is 6.00. The standard InChI is InChI=1S/C21H17ClN4O4/c1-2-30-20(28)15-11-23-21(29)26(19(15)27)12-16-18(13-6-8-14(22)9-7-13)24-17-5-3-4-10-25(16)17/h3-11H,2,12H2,1H3,(H,23,29). The molecule has 0 radical (unpaired) electrons. The number of pyridine rings is 1. The summed E-state index contributed by atoms with van der Waals surface area (Å²) in [5.74, 6) is -0.788. The van der Waals surface area contributed by atoms with Gasteiger partial charge in [0.1, 0.15) is 11.2 Å². The SMILES string of the molecule is CCOC(=O)c1c[nH]c(=O)n(Cc2c(-c3ccc(Cl)cc3)nc3ccccn23)c1=O. The molecule has 0 saturated carbocycles. The number of carbonyl (C=O) groups excluding carboxylic acids is 1. The van der Waals surface area contributed by atoms with Crippen LogP contribution in [0, 0.1) is 0 Å². The fraction of sp³-hybridized carbons (Fsp3) is 0.143. The first-order valence-corrected chi connectivity index (χ1v) is 9.59. The Morgan fingerprint density at radius 1 is 1.17 bits per heavy atom. The van der Waals surface area contributed by atoms with Crippen molar-refractivity contribution in [3.8, 4) is 11.3 Å². The molecule has 0 fully saturated rings. The Morgan fingerprint density at radius 2 is 1.93 bits per heavy atom. The highest BCUT2D eigenvalue weighted by Gasteiger charge is 2.20. The number of ether oxygens (including phenoxy) is 1. The van der Waals surface area contributed by atoms with E-state index in [1.807, 2.05) is 30.3 Å². The number of aromatic amines is 1. The highest BCUT2D eigenvalue weighted by atomic mass is 35.5. The minimum Gasteiger partial charge on any atom is -0.462 e. The van der Waals surface area contributed by atoms with Crippen LogP contribution in [0.1, 0.15) is 23.0 Å². The summed E-state index contributed by atoms with van der Waals surface area (Å²) < 4.78 is 7.67. The molecule has 4 aromatic rings. The van der Waals surface area contributed by atoms with Gasteiger partial charge in [-0.15, -0.1) is 0 Å². The first kappa shape index (κ1) is 19.7. The fourth-order valence-corrected chi connectivity index (χ4v) is 3.32. The van der Waals surface area contributed by atoms with E-state index in [4.69, 9.17) is 16.3 Å². The number of rotatable bonds is 5. The largest absolute Gasteiger partial charge is 0.462 e. The smallest absolute Gasteiger partial charge is 0.345 e. The zero-order valence-corrected chi connectivity index (χ0v) is 16.7. The maximum absolute atomic E-state index is 12.9. The van der Waals surface area contributed by atoms with Crippen molar-refractivity contribution in [3.05, 3.63) is 92.0 Å². The number of nitrogens with one attached hydrogen (secondary N) is 1. The molecule has 30 heavy (non-hydrogen) atoms. The van der Waals surface area contributed by atoms with Gasteiger partial charge in [-0.25, -0.2) is 14.6 Å². The van der Waals surface area contributed by atoms with Gasteiger partial charge < -0.3 is 14.1 Å². The molecule has 1 N–H and O–H groups in total. The van der Waals surface area contributed by atoms with Gasteiger partial charge in [0.2, 0.25) is 0 Å². The number of benzene rings is 1. The van der Waals surface area contributed by atoms with Crippen molar-refractivity contribution < 1.29 is 9.53 Å². The molecule has 152 valence electrons. The zero-order chi connectivity index (χ0) is 21.3. The first-order valence-electron chi connectivity index (χ1n) is 9.21. The minimum absolute atomic E-state index is 0.0927. The molecule has 0 aliphatic carbocycles. The molecular weight excluding hydrogens is 408 g/mol. The number of H-pyrrole nitrogens is 1. The number of nitrogens with zero attached hydrogens (tertiary/aromatic N) is 3. The summed E-state index contributed by atoms with van der Waals surface area (Å²) in [5.41, 5.74) is 1.05. The van der Waals surface area contributed by atoms with Gasteiger partial charge >= 0.3 is 11.7 Å². The third-order valence-corrected chi connectivity index (χ3v) is 4.86.